The van der Waals surface area contributed by atoms with Crippen molar-refractivity contribution in [3.8, 4) is 0 Å². The summed E-state index contributed by atoms with van der Waals surface area (Å²) in [7, 11) is -4.39. The molecule has 0 aliphatic heterocycles. The second-order valence-electron chi connectivity index (χ2n) is 20.2. The van der Waals surface area contributed by atoms with E-state index in [9.17, 15) is 19.0 Å². The summed E-state index contributed by atoms with van der Waals surface area (Å²) in [4.78, 5) is 35.2. The maximum Gasteiger partial charge on any atom is 0.472 e. The minimum absolute atomic E-state index is 0.0526. The number of esters is 2. The fourth-order valence-electron chi connectivity index (χ4n) is 8.60. The number of hydrogen-bond acceptors (Lipinski definition) is 8. The van der Waals surface area contributed by atoms with Gasteiger partial charge < -0.3 is 20.1 Å². The summed E-state index contributed by atoms with van der Waals surface area (Å²) < 4.78 is 33.1. The molecule has 0 aliphatic carbocycles. The van der Waals surface area contributed by atoms with Crippen molar-refractivity contribution in [3.63, 3.8) is 0 Å². The highest BCUT2D eigenvalue weighted by Gasteiger charge is 2.26. The SMILES string of the molecule is CC/C=C\C/C=C\C/C=C\C/C=C\C/C=C\CCCCCCCCCCCCCCCCCCCC(=O)OC(COC(=O)CCCCCCCCCCC/C=C\CCCCCCCC)COP(=O)(O)OCCN. The fraction of sp³-hybridized carbons (Fsp3) is 0.778. The Bertz CT molecular complexity index is 1420. The van der Waals surface area contributed by atoms with Crippen molar-refractivity contribution in [2.45, 2.75) is 290 Å². The van der Waals surface area contributed by atoms with Gasteiger partial charge >= 0.3 is 19.8 Å². The first-order valence-corrected chi connectivity index (χ1v) is 31.9. The van der Waals surface area contributed by atoms with Gasteiger partial charge in [0.2, 0.25) is 0 Å². The maximum absolute atomic E-state index is 12.7. The molecule has 0 saturated carbocycles. The smallest absolute Gasteiger partial charge is 0.462 e. The third-order valence-electron chi connectivity index (χ3n) is 13.1. The first kappa shape index (κ1) is 70.5. The Kier molecular flexibility index (Phi) is 56.7. The summed E-state index contributed by atoms with van der Waals surface area (Å²) in [5.74, 6) is -0.821. The Morgan fingerprint density at radius 3 is 1.14 bits per heavy atom. The van der Waals surface area contributed by atoms with Gasteiger partial charge in [-0.05, 0) is 83.5 Å². The molecule has 0 heterocycles. The lowest BCUT2D eigenvalue weighted by Crippen LogP contribution is -2.29. The minimum Gasteiger partial charge on any atom is -0.462 e. The van der Waals surface area contributed by atoms with Gasteiger partial charge in [0.25, 0.3) is 0 Å². The van der Waals surface area contributed by atoms with Gasteiger partial charge in [-0.1, -0.05) is 260 Å². The largest absolute Gasteiger partial charge is 0.472 e. The van der Waals surface area contributed by atoms with Gasteiger partial charge in [-0.3, -0.25) is 18.6 Å². The van der Waals surface area contributed by atoms with Crippen molar-refractivity contribution in [3.05, 3.63) is 72.9 Å². The molecule has 0 aromatic carbocycles. The van der Waals surface area contributed by atoms with Crippen LogP contribution in [-0.4, -0.2) is 49.3 Å². The van der Waals surface area contributed by atoms with Crippen molar-refractivity contribution in [1.82, 2.24) is 0 Å². The van der Waals surface area contributed by atoms with Crippen LogP contribution in [-0.2, 0) is 32.7 Å². The van der Waals surface area contributed by atoms with Gasteiger partial charge in [-0.25, -0.2) is 4.57 Å². The molecule has 0 fully saturated rings. The Morgan fingerprint density at radius 2 is 0.753 bits per heavy atom. The van der Waals surface area contributed by atoms with Gasteiger partial charge in [0.05, 0.1) is 13.2 Å². The van der Waals surface area contributed by atoms with Gasteiger partial charge in [-0.15, -0.1) is 0 Å². The minimum atomic E-state index is -4.39. The van der Waals surface area contributed by atoms with Crippen molar-refractivity contribution in [2.75, 3.05) is 26.4 Å². The van der Waals surface area contributed by atoms with Crippen LogP contribution in [0.25, 0.3) is 0 Å². The molecular formula is C63H114NO8P. The lowest BCUT2D eigenvalue weighted by atomic mass is 10.0. The summed E-state index contributed by atoms with van der Waals surface area (Å²) >= 11 is 0. The zero-order valence-electron chi connectivity index (χ0n) is 47.4. The predicted octanol–water partition coefficient (Wildman–Crippen LogP) is 19.3. The molecule has 0 spiro atoms. The van der Waals surface area contributed by atoms with E-state index in [-0.39, 0.29) is 38.6 Å². The molecule has 3 N–H and O–H groups in total. The van der Waals surface area contributed by atoms with Crippen LogP contribution < -0.4 is 5.73 Å². The number of hydrogen-bond donors (Lipinski definition) is 2. The molecule has 424 valence electrons. The standard InChI is InChI=1S/C63H114NO8P/c1-3-5-7-9-11-13-15-17-19-21-23-24-25-26-27-28-29-30-31-32-33-34-35-36-38-40-42-44-46-48-50-52-54-56-63(66)72-61(60-71-73(67,68)70-58-57-64)59-69-62(65)55-53-51-49-47-45-43-41-39-37-22-20-18-16-14-12-10-8-6-4-2/h5,7,11,13,17-20,23-24,26-27,61H,3-4,6,8-10,12,14-16,21-22,25,28-60,64H2,1-2H3,(H,67,68)/b7-5-,13-11-,19-17-,20-18-,24-23-,27-26-. The topological polar surface area (TPSA) is 134 Å². The molecule has 0 aromatic heterocycles. The highest BCUT2D eigenvalue weighted by molar-refractivity contribution is 7.47. The number of rotatable bonds is 57. The number of carbonyl (C=O) groups excluding carboxylic acids is 2. The van der Waals surface area contributed by atoms with Crippen LogP contribution in [0.4, 0.5) is 0 Å². The average molecular weight is 1040 g/mol. The van der Waals surface area contributed by atoms with E-state index in [1.807, 2.05) is 0 Å². The van der Waals surface area contributed by atoms with Crippen molar-refractivity contribution in [1.29, 1.82) is 0 Å². The maximum atomic E-state index is 12.7. The summed E-state index contributed by atoms with van der Waals surface area (Å²) in [5, 5.41) is 0. The fourth-order valence-corrected chi connectivity index (χ4v) is 9.37. The van der Waals surface area contributed by atoms with Crippen LogP contribution in [0.2, 0.25) is 0 Å². The molecule has 0 bridgehead atoms. The molecule has 0 aliphatic rings. The molecule has 0 rings (SSSR count). The number of allylic oxidation sites excluding steroid dienone is 12. The monoisotopic (exact) mass is 1040 g/mol. The summed E-state index contributed by atoms with van der Waals surface area (Å²) in [6, 6.07) is 0. The molecule has 0 saturated heterocycles. The number of nitrogens with two attached hydrogens (primary N) is 1. The predicted molar refractivity (Wildman–Crippen MR) is 312 cm³/mol. The van der Waals surface area contributed by atoms with E-state index in [1.54, 1.807) is 0 Å². The number of unbranched alkanes of at least 4 members (excludes halogenated alkanes) is 32. The van der Waals surface area contributed by atoms with Crippen LogP contribution in [0.3, 0.4) is 0 Å². The number of ether oxygens (including phenoxy) is 2. The molecule has 73 heavy (non-hydrogen) atoms. The Balaban J connectivity index is 3.90. The highest BCUT2D eigenvalue weighted by Crippen LogP contribution is 2.43. The molecule has 9 nitrogen and oxygen atoms in total. The third kappa shape index (κ3) is 58.6. The Labute approximate surface area is 450 Å². The second-order valence-corrected chi connectivity index (χ2v) is 21.6. The molecule has 2 atom stereocenters. The van der Waals surface area contributed by atoms with Gasteiger partial charge in [0, 0.05) is 19.4 Å². The summed E-state index contributed by atoms with van der Waals surface area (Å²) in [6.07, 6.45) is 75.4. The normalized spacial score (nSPS) is 13.5. The van der Waals surface area contributed by atoms with E-state index in [0.717, 1.165) is 70.6 Å². The average Bonchev–Trinajstić information content (AvgIpc) is 3.38. The summed E-state index contributed by atoms with van der Waals surface area (Å²) in [5.41, 5.74) is 5.39. The van der Waals surface area contributed by atoms with Crippen LogP contribution >= 0.6 is 7.82 Å². The first-order chi connectivity index (χ1) is 35.8. The quantitative estimate of drug-likeness (QED) is 0.0264. The summed E-state index contributed by atoms with van der Waals surface area (Å²) in [6.45, 7) is 3.66. The highest BCUT2D eigenvalue weighted by atomic mass is 31.2. The van der Waals surface area contributed by atoms with Gasteiger partial charge in [-0.2, -0.15) is 0 Å². The third-order valence-corrected chi connectivity index (χ3v) is 14.1. The van der Waals surface area contributed by atoms with Crippen LogP contribution in [0.5, 0.6) is 0 Å². The first-order valence-electron chi connectivity index (χ1n) is 30.4. The van der Waals surface area contributed by atoms with E-state index < -0.39 is 26.5 Å². The van der Waals surface area contributed by atoms with E-state index in [2.05, 4.69) is 86.8 Å². The van der Waals surface area contributed by atoms with E-state index >= 15 is 0 Å². The lowest BCUT2D eigenvalue weighted by Gasteiger charge is -2.19. The molecular weight excluding hydrogens is 930 g/mol. The zero-order valence-corrected chi connectivity index (χ0v) is 48.3. The molecule has 0 radical (unpaired) electrons. The van der Waals surface area contributed by atoms with Crippen LogP contribution in [0.15, 0.2) is 72.9 Å². The van der Waals surface area contributed by atoms with Gasteiger partial charge in [0.15, 0.2) is 6.10 Å². The lowest BCUT2D eigenvalue weighted by molar-refractivity contribution is -0.161. The van der Waals surface area contributed by atoms with Crippen molar-refractivity contribution < 1.29 is 37.6 Å². The molecule has 10 heteroatoms. The Hall–Kier alpha value is -2.55. The molecule has 0 aromatic rings. The number of phosphoric ester groups is 1. The second kappa shape index (κ2) is 58.7. The van der Waals surface area contributed by atoms with Crippen molar-refractivity contribution in [2.24, 2.45) is 5.73 Å². The zero-order chi connectivity index (χ0) is 53.1. The van der Waals surface area contributed by atoms with E-state index in [0.29, 0.717) is 6.42 Å². The Morgan fingerprint density at radius 1 is 0.425 bits per heavy atom. The van der Waals surface area contributed by atoms with E-state index in [4.69, 9.17) is 24.3 Å². The number of phosphoric acid groups is 1. The van der Waals surface area contributed by atoms with Crippen LogP contribution in [0.1, 0.15) is 284 Å². The van der Waals surface area contributed by atoms with E-state index in [1.165, 1.54) is 180 Å². The number of carbonyl (C=O) groups is 2. The van der Waals surface area contributed by atoms with Crippen molar-refractivity contribution >= 4 is 19.8 Å². The van der Waals surface area contributed by atoms with Gasteiger partial charge in [0.1, 0.15) is 6.61 Å². The van der Waals surface area contributed by atoms with Crippen LogP contribution in [0, 0.1) is 0 Å². The molecule has 2 unspecified atom stereocenters. The molecule has 0 amide bonds.